The van der Waals surface area contributed by atoms with Gasteiger partial charge in [-0.3, -0.25) is 4.79 Å². The normalized spacial score (nSPS) is 10.0. The summed E-state index contributed by atoms with van der Waals surface area (Å²) in [6, 6.07) is 11.9. The number of urea groups is 1. The van der Waals surface area contributed by atoms with Crippen LogP contribution in [-0.4, -0.2) is 18.6 Å². The fraction of sp³-hybridized carbons (Fsp3) is 0.176. The van der Waals surface area contributed by atoms with Crippen molar-refractivity contribution in [2.45, 2.75) is 13.3 Å². The summed E-state index contributed by atoms with van der Waals surface area (Å²) in [4.78, 5) is 23.2. The van der Waals surface area contributed by atoms with Gasteiger partial charge in [-0.25, -0.2) is 9.18 Å². The van der Waals surface area contributed by atoms with Gasteiger partial charge in [0.1, 0.15) is 5.82 Å². The van der Waals surface area contributed by atoms with Gasteiger partial charge in [0.25, 0.3) is 0 Å². The minimum absolute atomic E-state index is 0.190. The average molecular weight is 316 g/mol. The summed E-state index contributed by atoms with van der Waals surface area (Å²) < 4.78 is 17.7. The highest BCUT2D eigenvalue weighted by Crippen LogP contribution is 2.12. The molecule has 0 heterocycles. The van der Waals surface area contributed by atoms with Crippen LogP contribution in [0, 0.1) is 5.82 Å². The molecule has 0 aliphatic rings. The standard InChI is InChI=1S/C17H17FN2O3/c1-2-23-16(21)11-12-3-7-14(8-4-12)19-17(22)20-15-9-5-13(18)6-10-15/h3-10H,2,11H2,1H3,(H2,19,20,22). The van der Waals surface area contributed by atoms with Crippen molar-refractivity contribution in [2.75, 3.05) is 17.2 Å². The topological polar surface area (TPSA) is 67.4 Å². The van der Waals surface area contributed by atoms with Crippen LogP contribution in [0.3, 0.4) is 0 Å². The third-order valence-electron chi connectivity index (χ3n) is 2.97. The van der Waals surface area contributed by atoms with Crippen LogP contribution in [0.25, 0.3) is 0 Å². The van der Waals surface area contributed by atoms with Gasteiger partial charge in [0, 0.05) is 11.4 Å². The number of esters is 1. The lowest BCUT2D eigenvalue weighted by molar-refractivity contribution is -0.142. The number of halogens is 1. The van der Waals surface area contributed by atoms with Gasteiger partial charge in [-0.05, 0) is 48.9 Å². The highest BCUT2D eigenvalue weighted by molar-refractivity contribution is 5.99. The maximum Gasteiger partial charge on any atom is 0.323 e. The Morgan fingerprint density at radius 1 is 0.957 bits per heavy atom. The molecule has 0 bridgehead atoms. The van der Waals surface area contributed by atoms with Crippen LogP contribution in [0.2, 0.25) is 0 Å². The van der Waals surface area contributed by atoms with Crippen LogP contribution in [-0.2, 0) is 16.0 Å². The van der Waals surface area contributed by atoms with E-state index in [-0.39, 0.29) is 18.2 Å². The fourth-order valence-electron chi connectivity index (χ4n) is 1.91. The summed E-state index contributed by atoms with van der Waals surface area (Å²) in [6.45, 7) is 2.10. The molecular weight excluding hydrogens is 299 g/mol. The molecule has 0 saturated heterocycles. The van der Waals surface area contributed by atoms with Crippen molar-refractivity contribution < 1.29 is 18.7 Å². The van der Waals surface area contributed by atoms with E-state index in [1.165, 1.54) is 24.3 Å². The van der Waals surface area contributed by atoms with Crippen LogP contribution in [0.4, 0.5) is 20.6 Å². The average Bonchev–Trinajstić information content (AvgIpc) is 2.52. The molecule has 2 aromatic carbocycles. The molecule has 2 amide bonds. The maximum atomic E-state index is 12.8. The summed E-state index contributed by atoms with van der Waals surface area (Å²) in [5.41, 5.74) is 1.87. The number of benzene rings is 2. The Hall–Kier alpha value is -2.89. The van der Waals surface area contributed by atoms with E-state index in [0.717, 1.165) is 5.56 Å². The molecule has 2 N–H and O–H groups in total. The summed E-state index contributed by atoms with van der Waals surface area (Å²) in [7, 11) is 0. The van der Waals surface area contributed by atoms with Crippen molar-refractivity contribution in [2.24, 2.45) is 0 Å². The number of ether oxygens (including phenoxy) is 1. The number of carbonyl (C=O) groups excluding carboxylic acids is 2. The van der Waals surface area contributed by atoms with E-state index in [0.29, 0.717) is 18.0 Å². The first-order valence-electron chi connectivity index (χ1n) is 7.15. The van der Waals surface area contributed by atoms with Gasteiger partial charge in [0.2, 0.25) is 0 Å². The first-order chi connectivity index (χ1) is 11.1. The molecule has 0 unspecified atom stereocenters. The second-order valence-electron chi connectivity index (χ2n) is 4.76. The van der Waals surface area contributed by atoms with Crippen molar-refractivity contribution in [3.8, 4) is 0 Å². The van der Waals surface area contributed by atoms with Crippen LogP contribution >= 0.6 is 0 Å². The smallest absolute Gasteiger partial charge is 0.323 e. The van der Waals surface area contributed by atoms with Gasteiger partial charge in [0.15, 0.2) is 0 Å². The first-order valence-corrected chi connectivity index (χ1v) is 7.15. The van der Waals surface area contributed by atoms with E-state index < -0.39 is 6.03 Å². The molecule has 5 nitrogen and oxygen atoms in total. The number of carbonyl (C=O) groups is 2. The van der Waals surface area contributed by atoms with Crippen molar-refractivity contribution in [3.05, 3.63) is 59.9 Å². The Morgan fingerprint density at radius 3 is 2.00 bits per heavy atom. The van der Waals surface area contributed by atoms with Crippen molar-refractivity contribution in [1.29, 1.82) is 0 Å². The van der Waals surface area contributed by atoms with Gasteiger partial charge in [0.05, 0.1) is 13.0 Å². The van der Waals surface area contributed by atoms with E-state index in [9.17, 15) is 14.0 Å². The molecule has 6 heteroatoms. The summed E-state index contributed by atoms with van der Waals surface area (Å²) >= 11 is 0. The number of hydrogen-bond acceptors (Lipinski definition) is 3. The van der Waals surface area contributed by atoms with Crippen LogP contribution in [0.1, 0.15) is 12.5 Å². The lowest BCUT2D eigenvalue weighted by Gasteiger charge is -2.08. The highest BCUT2D eigenvalue weighted by Gasteiger charge is 2.06. The third kappa shape index (κ3) is 5.43. The molecule has 0 fully saturated rings. The van der Waals surface area contributed by atoms with Crippen LogP contribution in [0.5, 0.6) is 0 Å². The maximum absolute atomic E-state index is 12.8. The second kappa shape index (κ2) is 7.93. The Balaban J connectivity index is 1.88. The van der Waals surface area contributed by atoms with E-state index in [4.69, 9.17) is 4.74 Å². The number of nitrogens with one attached hydrogen (secondary N) is 2. The van der Waals surface area contributed by atoms with Crippen LogP contribution < -0.4 is 10.6 Å². The Kier molecular flexibility index (Phi) is 5.68. The molecule has 0 saturated carbocycles. The minimum atomic E-state index is -0.435. The van der Waals surface area contributed by atoms with Crippen molar-refractivity contribution in [3.63, 3.8) is 0 Å². The molecule has 0 aromatic heterocycles. The summed E-state index contributed by atoms with van der Waals surface area (Å²) in [5.74, 6) is -0.657. The van der Waals surface area contributed by atoms with Crippen molar-refractivity contribution in [1.82, 2.24) is 0 Å². The molecule has 0 atom stereocenters. The quantitative estimate of drug-likeness (QED) is 0.829. The number of anilines is 2. The molecule has 2 aromatic rings. The summed E-state index contributed by atoms with van der Waals surface area (Å²) in [6.07, 6.45) is 0.190. The molecule has 0 aliphatic heterocycles. The number of rotatable bonds is 5. The Labute approximate surface area is 133 Å². The molecule has 0 aliphatic carbocycles. The SMILES string of the molecule is CCOC(=O)Cc1ccc(NC(=O)Nc2ccc(F)cc2)cc1. The first kappa shape index (κ1) is 16.5. The van der Waals surface area contributed by atoms with E-state index in [1.807, 2.05) is 0 Å². The molecule has 23 heavy (non-hydrogen) atoms. The third-order valence-corrected chi connectivity index (χ3v) is 2.97. The number of hydrogen-bond donors (Lipinski definition) is 2. The van der Waals surface area contributed by atoms with Gasteiger partial charge < -0.3 is 15.4 Å². The zero-order valence-electron chi connectivity index (χ0n) is 12.6. The monoisotopic (exact) mass is 316 g/mol. The summed E-state index contributed by atoms with van der Waals surface area (Å²) in [5, 5.41) is 5.24. The van der Waals surface area contributed by atoms with E-state index in [1.54, 1.807) is 31.2 Å². The van der Waals surface area contributed by atoms with Crippen molar-refractivity contribution >= 4 is 23.4 Å². The Morgan fingerprint density at radius 2 is 1.48 bits per heavy atom. The zero-order chi connectivity index (χ0) is 16.7. The molecule has 2 rings (SSSR count). The van der Waals surface area contributed by atoms with Gasteiger partial charge in [-0.15, -0.1) is 0 Å². The molecule has 0 radical (unpaired) electrons. The Bertz CT molecular complexity index is 669. The molecule has 120 valence electrons. The molecule has 0 spiro atoms. The predicted octanol–water partition coefficient (Wildman–Crippen LogP) is 3.58. The lowest BCUT2D eigenvalue weighted by Crippen LogP contribution is -2.19. The molecular formula is C17H17FN2O3. The second-order valence-corrected chi connectivity index (χ2v) is 4.76. The number of amides is 2. The zero-order valence-corrected chi connectivity index (χ0v) is 12.6. The fourth-order valence-corrected chi connectivity index (χ4v) is 1.91. The van der Waals surface area contributed by atoms with Gasteiger partial charge >= 0.3 is 12.0 Å². The van der Waals surface area contributed by atoms with Crippen LogP contribution in [0.15, 0.2) is 48.5 Å². The highest BCUT2D eigenvalue weighted by atomic mass is 19.1. The van der Waals surface area contributed by atoms with E-state index >= 15 is 0 Å². The predicted molar refractivity (Wildman–Crippen MR) is 85.8 cm³/mol. The van der Waals surface area contributed by atoms with Gasteiger partial charge in [-0.2, -0.15) is 0 Å². The van der Waals surface area contributed by atoms with E-state index in [2.05, 4.69) is 10.6 Å². The largest absolute Gasteiger partial charge is 0.466 e. The minimum Gasteiger partial charge on any atom is -0.466 e. The lowest BCUT2D eigenvalue weighted by atomic mass is 10.1. The van der Waals surface area contributed by atoms with Gasteiger partial charge in [-0.1, -0.05) is 12.1 Å².